The third-order valence-corrected chi connectivity index (χ3v) is 3.93. The zero-order valence-electron chi connectivity index (χ0n) is 11.2. The minimum Gasteiger partial charge on any atom is -0.486 e. The molecule has 1 aromatic carbocycles. The molecule has 1 N–H and O–H groups in total. The zero-order chi connectivity index (χ0) is 13.2. The molecule has 1 amide bonds. The molecule has 19 heavy (non-hydrogen) atoms. The fraction of sp³-hybridized carbons (Fsp3) is 0.533. The summed E-state index contributed by atoms with van der Waals surface area (Å²) in [6.07, 6.45) is 3.25. The van der Waals surface area contributed by atoms with Crippen molar-refractivity contribution in [1.82, 2.24) is 5.32 Å². The van der Waals surface area contributed by atoms with Crippen LogP contribution in [0.5, 0.6) is 11.5 Å². The molecule has 4 heteroatoms. The lowest BCUT2D eigenvalue weighted by Gasteiger charge is -2.24. The van der Waals surface area contributed by atoms with Crippen molar-refractivity contribution in [3.05, 3.63) is 23.3 Å². The second-order valence-corrected chi connectivity index (χ2v) is 5.27. The normalized spacial score (nSPS) is 17.7. The smallest absolute Gasteiger partial charge is 0.223 e. The summed E-state index contributed by atoms with van der Waals surface area (Å²) >= 11 is 0. The molecule has 0 unspecified atom stereocenters. The summed E-state index contributed by atoms with van der Waals surface area (Å²) in [6.45, 7) is 3.79. The second-order valence-electron chi connectivity index (χ2n) is 5.27. The molecule has 1 heterocycles. The Bertz CT molecular complexity index is 494. The van der Waals surface area contributed by atoms with Crippen LogP contribution in [0.15, 0.2) is 12.1 Å². The largest absolute Gasteiger partial charge is 0.486 e. The summed E-state index contributed by atoms with van der Waals surface area (Å²) in [6, 6.07) is 3.96. The van der Waals surface area contributed by atoms with Crippen molar-refractivity contribution < 1.29 is 14.3 Å². The van der Waals surface area contributed by atoms with Gasteiger partial charge in [0.05, 0.1) is 0 Å². The first-order chi connectivity index (χ1) is 9.24. The summed E-state index contributed by atoms with van der Waals surface area (Å²) in [5.74, 6) is 2.00. The minimum atomic E-state index is 0.181. The number of fused-ring (bicyclic) bond motifs is 1. The van der Waals surface area contributed by atoms with Crippen LogP contribution >= 0.6 is 0 Å². The molecule has 1 aliphatic heterocycles. The molecule has 1 aromatic rings. The fourth-order valence-corrected chi connectivity index (χ4v) is 2.42. The van der Waals surface area contributed by atoms with Crippen LogP contribution in [-0.4, -0.2) is 19.1 Å². The standard InChI is InChI=1S/C15H19NO3/c1-10-7-13-14(19-6-5-18-13)8-12(10)9-16-15(17)11-3-2-4-11/h7-8,11H,2-6,9H2,1H3,(H,16,17). The lowest BCUT2D eigenvalue weighted by molar-refractivity contribution is -0.127. The molecule has 102 valence electrons. The molecule has 0 saturated heterocycles. The maximum absolute atomic E-state index is 11.8. The van der Waals surface area contributed by atoms with Gasteiger partial charge in [-0.1, -0.05) is 6.42 Å². The van der Waals surface area contributed by atoms with E-state index >= 15 is 0 Å². The number of hydrogen-bond donors (Lipinski definition) is 1. The van der Waals surface area contributed by atoms with E-state index in [2.05, 4.69) is 5.32 Å². The van der Waals surface area contributed by atoms with Crippen LogP contribution in [0.25, 0.3) is 0 Å². The van der Waals surface area contributed by atoms with E-state index in [0.717, 1.165) is 35.5 Å². The number of rotatable bonds is 3. The zero-order valence-corrected chi connectivity index (χ0v) is 11.2. The van der Waals surface area contributed by atoms with Crippen LogP contribution in [0.2, 0.25) is 0 Å². The molecule has 1 saturated carbocycles. The van der Waals surface area contributed by atoms with E-state index in [9.17, 15) is 4.79 Å². The Kier molecular flexibility index (Phi) is 3.32. The maximum atomic E-state index is 11.8. The van der Waals surface area contributed by atoms with Gasteiger partial charge in [-0.2, -0.15) is 0 Å². The van der Waals surface area contributed by atoms with E-state index < -0.39 is 0 Å². The van der Waals surface area contributed by atoms with Crippen molar-refractivity contribution in [1.29, 1.82) is 0 Å². The highest BCUT2D eigenvalue weighted by Gasteiger charge is 2.25. The molecule has 0 atom stereocenters. The first-order valence-electron chi connectivity index (χ1n) is 6.91. The van der Waals surface area contributed by atoms with E-state index in [1.807, 2.05) is 19.1 Å². The van der Waals surface area contributed by atoms with Crippen molar-refractivity contribution in [3.63, 3.8) is 0 Å². The van der Waals surface area contributed by atoms with Crippen molar-refractivity contribution in [3.8, 4) is 11.5 Å². The summed E-state index contributed by atoms with van der Waals surface area (Å²) in [5, 5.41) is 3.01. The molecule has 4 nitrogen and oxygen atoms in total. The number of nitrogens with one attached hydrogen (secondary N) is 1. The quantitative estimate of drug-likeness (QED) is 0.907. The fourth-order valence-electron chi connectivity index (χ4n) is 2.42. The first-order valence-corrected chi connectivity index (χ1v) is 6.91. The Morgan fingerprint density at radius 1 is 1.26 bits per heavy atom. The molecular formula is C15H19NO3. The van der Waals surface area contributed by atoms with Gasteiger partial charge in [-0.3, -0.25) is 4.79 Å². The Balaban J connectivity index is 1.68. The van der Waals surface area contributed by atoms with E-state index in [-0.39, 0.29) is 11.8 Å². The molecule has 0 radical (unpaired) electrons. The molecule has 0 spiro atoms. The predicted octanol–water partition coefficient (Wildman–Crippen LogP) is 2.18. The maximum Gasteiger partial charge on any atom is 0.223 e. The Morgan fingerprint density at radius 2 is 1.95 bits per heavy atom. The van der Waals surface area contributed by atoms with Gasteiger partial charge in [0, 0.05) is 12.5 Å². The highest BCUT2D eigenvalue weighted by molar-refractivity contribution is 5.79. The summed E-state index contributed by atoms with van der Waals surface area (Å²) in [4.78, 5) is 11.8. The average Bonchev–Trinajstić information content (AvgIpc) is 2.34. The Hall–Kier alpha value is -1.71. The third-order valence-electron chi connectivity index (χ3n) is 3.93. The van der Waals surface area contributed by atoms with Crippen LogP contribution < -0.4 is 14.8 Å². The molecule has 3 rings (SSSR count). The van der Waals surface area contributed by atoms with Crippen molar-refractivity contribution in [2.75, 3.05) is 13.2 Å². The summed E-state index contributed by atoms with van der Waals surface area (Å²) < 4.78 is 11.1. The van der Waals surface area contributed by atoms with Gasteiger partial charge < -0.3 is 14.8 Å². The molecule has 2 aliphatic rings. The number of aryl methyl sites for hydroxylation is 1. The first kappa shape index (κ1) is 12.3. The Labute approximate surface area is 113 Å². The number of carbonyl (C=O) groups excluding carboxylic acids is 1. The second kappa shape index (κ2) is 5.11. The van der Waals surface area contributed by atoms with Crippen LogP contribution in [0.1, 0.15) is 30.4 Å². The molecule has 1 fully saturated rings. The monoisotopic (exact) mass is 261 g/mol. The number of amides is 1. The minimum absolute atomic E-state index is 0.181. The summed E-state index contributed by atoms with van der Waals surface area (Å²) in [5.41, 5.74) is 2.22. The van der Waals surface area contributed by atoms with Crippen molar-refractivity contribution in [2.24, 2.45) is 5.92 Å². The highest BCUT2D eigenvalue weighted by atomic mass is 16.6. The van der Waals surface area contributed by atoms with Crippen LogP contribution in [0, 0.1) is 12.8 Å². The average molecular weight is 261 g/mol. The molecule has 1 aliphatic carbocycles. The van der Waals surface area contributed by atoms with Gasteiger partial charge in [0.1, 0.15) is 13.2 Å². The van der Waals surface area contributed by atoms with Crippen LogP contribution in [0.3, 0.4) is 0 Å². The van der Waals surface area contributed by atoms with Gasteiger partial charge in [-0.05, 0) is 43.0 Å². The van der Waals surface area contributed by atoms with Crippen molar-refractivity contribution >= 4 is 5.91 Å². The van der Waals surface area contributed by atoms with E-state index in [0.29, 0.717) is 19.8 Å². The van der Waals surface area contributed by atoms with Gasteiger partial charge in [0.15, 0.2) is 11.5 Å². The van der Waals surface area contributed by atoms with Gasteiger partial charge in [-0.15, -0.1) is 0 Å². The highest BCUT2D eigenvalue weighted by Crippen LogP contribution is 2.33. The number of hydrogen-bond acceptors (Lipinski definition) is 3. The van der Waals surface area contributed by atoms with E-state index in [1.165, 1.54) is 6.42 Å². The lowest BCUT2D eigenvalue weighted by atomic mass is 9.85. The summed E-state index contributed by atoms with van der Waals surface area (Å²) in [7, 11) is 0. The van der Waals surface area contributed by atoms with E-state index in [1.54, 1.807) is 0 Å². The van der Waals surface area contributed by atoms with E-state index in [4.69, 9.17) is 9.47 Å². The predicted molar refractivity (Wildman–Crippen MR) is 71.4 cm³/mol. The number of carbonyl (C=O) groups is 1. The molecule has 0 aromatic heterocycles. The topological polar surface area (TPSA) is 47.6 Å². The Morgan fingerprint density at radius 3 is 2.58 bits per heavy atom. The number of benzene rings is 1. The third kappa shape index (κ3) is 2.53. The van der Waals surface area contributed by atoms with Gasteiger partial charge in [-0.25, -0.2) is 0 Å². The van der Waals surface area contributed by atoms with Crippen LogP contribution in [0.4, 0.5) is 0 Å². The van der Waals surface area contributed by atoms with Gasteiger partial charge in [0.25, 0.3) is 0 Å². The molecular weight excluding hydrogens is 242 g/mol. The lowest BCUT2D eigenvalue weighted by Crippen LogP contribution is -2.34. The SMILES string of the molecule is Cc1cc2c(cc1CNC(=O)C1CCC1)OCCO2. The van der Waals surface area contributed by atoms with Gasteiger partial charge >= 0.3 is 0 Å². The van der Waals surface area contributed by atoms with Gasteiger partial charge in [0.2, 0.25) is 5.91 Å². The molecule has 0 bridgehead atoms. The van der Waals surface area contributed by atoms with Crippen LogP contribution in [-0.2, 0) is 11.3 Å². The number of ether oxygens (including phenoxy) is 2. The van der Waals surface area contributed by atoms with Crippen molar-refractivity contribution in [2.45, 2.75) is 32.7 Å².